The maximum Gasteiger partial charge on any atom is 0.345 e. The summed E-state index contributed by atoms with van der Waals surface area (Å²) in [5.74, 6) is -0.991. The van der Waals surface area contributed by atoms with E-state index in [4.69, 9.17) is 4.74 Å². The molecular weight excluding hydrogens is 695 g/mol. The minimum Gasteiger partial charge on any atom is -0.387 e. The number of carbonyl (C=O) groups is 4. The van der Waals surface area contributed by atoms with Crippen LogP contribution in [0.4, 0.5) is 5.69 Å². The number of rotatable bonds is 12. The molecule has 51 heavy (non-hydrogen) atoms. The van der Waals surface area contributed by atoms with Gasteiger partial charge in [-0.1, -0.05) is 27.7 Å². The number of benzene rings is 1. The van der Waals surface area contributed by atoms with Gasteiger partial charge in [0.1, 0.15) is 0 Å². The Morgan fingerprint density at radius 3 is 2.33 bits per heavy atom. The molecule has 3 N–H and O–H groups in total. The van der Waals surface area contributed by atoms with E-state index >= 15 is 0 Å². The fraction of sp³-hybridized carbons (Fsp3) is 0.611. The largest absolute Gasteiger partial charge is 0.387 e. The number of fused-ring (bicyclic) bond motifs is 2. The van der Waals surface area contributed by atoms with Crippen LogP contribution in [0.2, 0.25) is 0 Å². The summed E-state index contributed by atoms with van der Waals surface area (Å²) in [6.45, 7) is 9.98. The minimum atomic E-state index is -1.58. The number of non-ortho nitro benzene ring substituents is 1. The van der Waals surface area contributed by atoms with Crippen LogP contribution in [0.25, 0.3) is 0 Å². The third-order valence-corrected chi connectivity index (χ3v) is 14.6. The summed E-state index contributed by atoms with van der Waals surface area (Å²) in [6, 6.07) is 4.71. The second-order valence-corrected chi connectivity index (χ2v) is 17.3. The summed E-state index contributed by atoms with van der Waals surface area (Å²) in [6.07, 6.45) is 4.33. The Labute approximate surface area is 305 Å². The SMILES string of the molecule is CC[C@H]1C(=O)N2C=C(S[C@@H]3CN[C@H](CC4=C(S[C@@H]5CN[C@H](C(O)C(=O)OC(=O)c6ccc([N+](=O)[O-])cc6)C5)[C@H](C)[C@@H]5[C@@H](CC)C(=O)N45)C3)[C@H](C)[C@H]12. The molecule has 4 saturated heterocycles. The van der Waals surface area contributed by atoms with Crippen LogP contribution in [-0.4, -0.2) is 97.4 Å². The van der Waals surface area contributed by atoms with Gasteiger partial charge in [-0.25, -0.2) is 9.59 Å². The summed E-state index contributed by atoms with van der Waals surface area (Å²) in [5.41, 5.74) is 0.850. The normalized spacial score (nSPS) is 34.6. The van der Waals surface area contributed by atoms with Crippen molar-refractivity contribution in [2.24, 2.45) is 23.7 Å². The molecule has 0 aromatic heterocycles. The predicted molar refractivity (Wildman–Crippen MR) is 192 cm³/mol. The number of hydrogen-bond donors (Lipinski definition) is 3. The van der Waals surface area contributed by atoms with E-state index in [2.05, 4.69) is 44.5 Å². The van der Waals surface area contributed by atoms with Crippen LogP contribution < -0.4 is 10.6 Å². The number of ether oxygens (including phenoxy) is 1. The number of nitrogens with zero attached hydrogens (tertiary/aromatic N) is 3. The summed E-state index contributed by atoms with van der Waals surface area (Å²) in [7, 11) is 0. The van der Waals surface area contributed by atoms with Gasteiger partial charge in [0.2, 0.25) is 11.8 Å². The van der Waals surface area contributed by atoms with Crippen molar-refractivity contribution in [3.63, 3.8) is 0 Å². The third-order valence-electron chi connectivity index (χ3n) is 11.7. The van der Waals surface area contributed by atoms with E-state index in [0.29, 0.717) is 30.2 Å². The minimum absolute atomic E-state index is 0.00286. The zero-order valence-corrected chi connectivity index (χ0v) is 30.8. The highest BCUT2D eigenvalue weighted by molar-refractivity contribution is 8.04. The van der Waals surface area contributed by atoms with Crippen molar-refractivity contribution in [3.8, 4) is 0 Å². The number of thioether (sulfide) groups is 2. The maximum absolute atomic E-state index is 13.4. The molecule has 0 spiro atoms. The van der Waals surface area contributed by atoms with Gasteiger partial charge in [-0.05, 0) is 37.8 Å². The van der Waals surface area contributed by atoms with E-state index in [1.807, 2.05) is 21.6 Å². The Balaban J connectivity index is 0.975. The Morgan fingerprint density at radius 1 is 0.980 bits per heavy atom. The molecule has 6 aliphatic heterocycles. The van der Waals surface area contributed by atoms with E-state index in [1.54, 1.807) is 11.8 Å². The first-order valence-electron chi connectivity index (χ1n) is 18.0. The molecule has 0 saturated carbocycles. The monoisotopic (exact) mass is 739 g/mol. The van der Waals surface area contributed by atoms with Crippen molar-refractivity contribution >= 4 is 53.0 Å². The molecule has 2 amide bonds. The molecule has 15 heteroatoms. The molecule has 0 aliphatic carbocycles. The quantitative estimate of drug-likeness (QED) is 0.0934. The number of amides is 2. The number of nitrogens with one attached hydrogen (secondary N) is 2. The van der Waals surface area contributed by atoms with Crippen LogP contribution in [0.5, 0.6) is 0 Å². The molecule has 1 aromatic carbocycles. The lowest BCUT2D eigenvalue weighted by Gasteiger charge is -2.46. The number of aliphatic hydroxyl groups excluding tert-OH is 1. The van der Waals surface area contributed by atoms with E-state index in [1.165, 1.54) is 21.9 Å². The van der Waals surface area contributed by atoms with Crippen LogP contribution in [0, 0.1) is 33.8 Å². The Bertz CT molecular complexity index is 1690. The highest BCUT2D eigenvalue weighted by atomic mass is 32.2. The molecule has 6 aliphatic rings. The van der Waals surface area contributed by atoms with Gasteiger partial charge in [0, 0.05) is 87.8 Å². The van der Waals surface area contributed by atoms with Gasteiger partial charge in [-0.15, -0.1) is 23.5 Å². The van der Waals surface area contributed by atoms with Crippen LogP contribution in [0.3, 0.4) is 0 Å². The smallest absolute Gasteiger partial charge is 0.345 e. The third kappa shape index (κ3) is 6.42. The molecule has 11 atom stereocenters. The molecule has 0 bridgehead atoms. The lowest BCUT2D eigenvalue weighted by molar-refractivity contribution is -0.384. The predicted octanol–water partition coefficient (Wildman–Crippen LogP) is 3.78. The van der Waals surface area contributed by atoms with Crippen molar-refractivity contribution in [2.75, 3.05) is 13.1 Å². The Hall–Kier alpha value is -3.24. The Kier molecular flexibility index (Phi) is 10.1. The van der Waals surface area contributed by atoms with Gasteiger partial charge < -0.3 is 30.3 Å². The van der Waals surface area contributed by atoms with Crippen molar-refractivity contribution in [1.29, 1.82) is 0 Å². The number of aliphatic hydroxyl groups is 1. The fourth-order valence-electron chi connectivity index (χ4n) is 8.88. The van der Waals surface area contributed by atoms with E-state index in [0.717, 1.165) is 50.1 Å². The van der Waals surface area contributed by atoms with Crippen molar-refractivity contribution in [1.82, 2.24) is 20.4 Å². The van der Waals surface area contributed by atoms with Crippen molar-refractivity contribution in [2.45, 2.75) is 101 Å². The van der Waals surface area contributed by atoms with Gasteiger partial charge in [0.15, 0.2) is 6.10 Å². The number of carbonyl (C=O) groups excluding carboxylic acids is 4. The molecule has 4 fully saturated rings. The van der Waals surface area contributed by atoms with Gasteiger partial charge in [-0.3, -0.25) is 19.7 Å². The molecule has 1 unspecified atom stereocenters. The van der Waals surface area contributed by atoms with Crippen LogP contribution >= 0.6 is 23.5 Å². The van der Waals surface area contributed by atoms with E-state index < -0.39 is 29.0 Å². The zero-order valence-electron chi connectivity index (χ0n) is 29.2. The number of β-lactam (4-membered cyclic amide) rings is 2. The average Bonchev–Trinajstić information content (AvgIpc) is 3.88. The molecule has 6 heterocycles. The van der Waals surface area contributed by atoms with Gasteiger partial charge in [0.25, 0.3) is 5.69 Å². The molecule has 274 valence electrons. The number of nitro groups is 1. The van der Waals surface area contributed by atoms with Crippen molar-refractivity contribution < 1.29 is 33.9 Å². The Morgan fingerprint density at radius 2 is 1.65 bits per heavy atom. The van der Waals surface area contributed by atoms with E-state index in [-0.39, 0.29) is 58.2 Å². The fourth-order valence-corrected chi connectivity index (χ4v) is 11.8. The van der Waals surface area contributed by atoms with E-state index in [9.17, 15) is 34.4 Å². The van der Waals surface area contributed by atoms with Gasteiger partial charge in [-0.2, -0.15) is 0 Å². The standard InChI is InChI=1S/C36H45N5O8S2/c1-5-24-29-17(3)28(16-39(29)33(24)43)50-22-11-20(37-14-22)12-27-32(18(4)30-25(6-2)34(44)40(27)30)51-23-13-26(38-15-23)31(42)36(46)49-35(45)19-7-9-21(10-8-19)41(47)48/h7-10,16-18,20,22-26,29-31,37-38,42H,5-6,11-15H2,1-4H3/t17-,18+,20-,22-,23-,24+,25+,26-,29+,30+,31?/m0/s1. The average molecular weight is 740 g/mol. The first kappa shape index (κ1) is 36.1. The van der Waals surface area contributed by atoms with Crippen molar-refractivity contribution in [3.05, 3.63) is 61.7 Å². The lowest BCUT2D eigenvalue weighted by atomic mass is 9.80. The van der Waals surface area contributed by atoms with Gasteiger partial charge in [0.05, 0.1) is 34.4 Å². The summed E-state index contributed by atoms with van der Waals surface area (Å²) < 4.78 is 4.92. The molecule has 1 aromatic rings. The number of hydrogen-bond acceptors (Lipinski definition) is 12. The number of nitro benzene ring substituents is 1. The topological polar surface area (TPSA) is 171 Å². The maximum atomic E-state index is 13.4. The summed E-state index contributed by atoms with van der Waals surface area (Å²) in [4.78, 5) is 67.9. The van der Waals surface area contributed by atoms with Crippen LogP contribution in [-0.2, 0) is 19.1 Å². The first-order valence-corrected chi connectivity index (χ1v) is 19.8. The number of esters is 2. The van der Waals surface area contributed by atoms with Gasteiger partial charge >= 0.3 is 11.9 Å². The van der Waals surface area contributed by atoms with Crippen LogP contribution in [0.1, 0.15) is 70.2 Å². The lowest BCUT2D eigenvalue weighted by Crippen LogP contribution is -2.59. The summed E-state index contributed by atoms with van der Waals surface area (Å²) >= 11 is 3.61. The molecule has 0 radical (unpaired) electrons. The second-order valence-electron chi connectivity index (χ2n) is 14.6. The zero-order chi connectivity index (χ0) is 36.3. The highest BCUT2D eigenvalue weighted by Gasteiger charge is 2.57. The van der Waals surface area contributed by atoms with Crippen LogP contribution in [0.15, 0.2) is 46.0 Å². The second kappa shape index (κ2) is 14.3. The molecular formula is C36H45N5O8S2. The molecule has 13 nitrogen and oxygen atoms in total. The summed E-state index contributed by atoms with van der Waals surface area (Å²) in [5, 5.41) is 29.1. The molecule has 7 rings (SSSR count). The first-order chi connectivity index (χ1) is 24.4. The highest BCUT2D eigenvalue weighted by Crippen LogP contribution is 2.54.